The summed E-state index contributed by atoms with van der Waals surface area (Å²) < 4.78 is 21.4. The molecule has 3 heterocycles. The molecule has 6 heteroatoms. The van der Waals surface area contributed by atoms with Crippen LogP contribution in [0.15, 0.2) is 36.7 Å². The van der Waals surface area contributed by atoms with E-state index in [9.17, 15) is 4.39 Å². The number of nitrogens with zero attached hydrogens (tertiary/aromatic N) is 4. The minimum Gasteiger partial charge on any atom is -0.377 e. The molecule has 2 aromatic rings. The van der Waals surface area contributed by atoms with Crippen LogP contribution in [0.4, 0.5) is 10.1 Å². The van der Waals surface area contributed by atoms with E-state index in [1.165, 1.54) is 11.6 Å². The number of piperidine rings is 1. The number of hydrogen-bond donors (Lipinski definition) is 0. The largest absolute Gasteiger partial charge is 0.377 e. The minimum absolute atomic E-state index is 0.00730. The Kier molecular flexibility index (Phi) is 4.71. The van der Waals surface area contributed by atoms with Gasteiger partial charge in [0.15, 0.2) is 0 Å². The smallest absolute Gasteiger partial charge is 0.125 e. The highest BCUT2D eigenvalue weighted by atomic mass is 19.1. The molecule has 2 saturated heterocycles. The van der Waals surface area contributed by atoms with Crippen LogP contribution in [-0.4, -0.2) is 53.1 Å². The summed E-state index contributed by atoms with van der Waals surface area (Å²) >= 11 is 0. The van der Waals surface area contributed by atoms with Crippen LogP contribution in [0.2, 0.25) is 0 Å². The topological polar surface area (TPSA) is 33.5 Å². The van der Waals surface area contributed by atoms with Gasteiger partial charge in [0.25, 0.3) is 0 Å². The standard InChI is InChI=1S/C20H27FN4O/c1-3-24-14-16(12-22-24)13-23-9-7-20(8-10-23)19(26-2)15-25(20)18-6-4-5-17(21)11-18/h4-6,11-12,14,19H,3,7-10,13,15H2,1-2H3. The average molecular weight is 358 g/mol. The molecule has 0 aliphatic carbocycles. The van der Waals surface area contributed by atoms with E-state index in [1.54, 1.807) is 19.2 Å². The van der Waals surface area contributed by atoms with E-state index >= 15 is 0 Å². The Labute approximate surface area is 154 Å². The molecule has 2 aliphatic heterocycles. The van der Waals surface area contributed by atoms with Crippen LogP contribution in [0.1, 0.15) is 25.3 Å². The molecule has 1 spiro atoms. The molecule has 1 aromatic heterocycles. The van der Waals surface area contributed by atoms with Gasteiger partial charge in [0.05, 0.1) is 17.8 Å². The molecule has 0 bridgehead atoms. The molecule has 26 heavy (non-hydrogen) atoms. The number of methoxy groups -OCH3 is 1. The number of ether oxygens (including phenoxy) is 1. The lowest BCUT2D eigenvalue weighted by Gasteiger charge is -2.61. The maximum absolute atomic E-state index is 13.7. The van der Waals surface area contributed by atoms with Crippen LogP contribution in [0.5, 0.6) is 0 Å². The lowest BCUT2D eigenvalue weighted by molar-refractivity contribution is -0.0472. The van der Waals surface area contributed by atoms with E-state index in [4.69, 9.17) is 4.74 Å². The van der Waals surface area contributed by atoms with Gasteiger partial charge in [-0.25, -0.2) is 4.39 Å². The summed E-state index contributed by atoms with van der Waals surface area (Å²) in [5.74, 6) is -0.177. The molecule has 1 aromatic carbocycles. The summed E-state index contributed by atoms with van der Waals surface area (Å²) in [6, 6.07) is 6.93. The van der Waals surface area contributed by atoms with Gasteiger partial charge in [-0.05, 0) is 38.0 Å². The summed E-state index contributed by atoms with van der Waals surface area (Å²) in [4.78, 5) is 4.83. The van der Waals surface area contributed by atoms with Crippen LogP contribution >= 0.6 is 0 Å². The second kappa shape index (κ2) is 7.00. The molecular formula is C20H27FN4O. The first-order valence-electron chi connectivity index (χ1n) is 9.44. The van der Waals surface area contributed by atoms with Crippen molar-refractivity contribution in [3.05, 3.63) is 48.0 Å². The van der Waals surface area contributed by atoms with Crippen LogP contribution in [0, 0.1) is 5.82 Å². The highest BCUT2D eigenvalue weighted by molar-refractivity contribution is 5.54. The molecule has 2 aliphatic rings. The predicted octanol–water partition coefficient (Wildman–Crippen LogP) is 2.91. The van der Waals surface area contributed by atoms with Crippen molar-refractivity contribution >= 4 is 5.69 Å². The fraction of sp³-hybridized carbons (Fsp3) is 0.550. The molecule has 0 saturated carbocycles. The number of rotatable bonds is 5. The van der Waals surface area contributed by atoms with Gasteiger partial charge in [-0.15, -0.1) is 0 Å². The lowest BCUT2D eigenvalue weighted by atomic mass is 9.73. The number of aromatic nitrogens is 2. The average Bonchev–Trinajstić information content (AvgIpc) is 3.09. The SMILES string of the molecule is CCn1cc(CN2CCC3(CC2)C(OC)CN3c2cccc(F)c2)cn1. The van der Waals surface area contributed by atoms with E-state index < -0.39 is 0 Å². The maximum atomic E-state index is 13.7. The van der Waals surface area contributed by atoms with Crippen molar-refractivity contribution in [1.82, 2.24) is 14.7 Å². The highest BCUT2D eigenvalue weighted by Crippen LogP contribution is 2.44. The van der Waals surface area contributed by atoms with Crippen molar-refractivity contribution in [1.29, 1.82) is 0 Å². The first-order chi connectivity index (χ1) is 12.6. The van der Waals surface area contributed by atoms with Gasteiger partial charge in [-0.2, -0.15) is 5.10 Å². The van der Waals surface area contributed by atoms with Crippen molar-refractivity contribution in [3.8, 4) is 0 Å². The second-order valence-corrected chi connectivity index (χ2v) is 7.40. The molecule has 2 fully saturated rings. The zero-order chi connectivity index (χ0) is 18.1. The van der Waals surface area contributed by atoms with Crippen LogP contribution in [0.25, 0.3) is 0 Å². The minimum atomic E-state index is -0.177. The van der Waals surface area contributed by atoms with E-state index in [2.05, 4.69) is 28.0 Å². The number of benzene rings is 1. The van der Waals surface area contributed by atoms with Crippen LogP contribution in [-0.2, 0) is 17.8 Å². The summed E-state index contributed by atoms with van der Waals surface area (Å²) in [6.45, 7) is 6.81. The van der Waals surface area contributed by atoms with Crippen LogP contribution in [0.3, 0.4) is 0 Å². The number of hydrogen-bond acceptors (Lipinski definition) is 4. The molecule has 0 amide bonds. The molecule has 1 atom stereocenters. The molecule has 0 N–H and O–H groups in total. The van der Waals surface area contributed by atoms with Crippen molar-refractivity contribution in [2.24, 2.45) is 0 Å². The summed E-state index contributed by atoms with van der Waals surface area (Å²) in [5.41, 5.74) is 2.23. The molecule has 5 nitrogen and oxygen atoms in total. The first-order valence-corrected chi connectivity index (χ1v) is 9.44. The zero-order valence-corrected chi connectivity index (χ0v) is 15.6. The van der Waals surface area contributed by atoms with Gasteiger partial charge >= 0.3 is 0 Å². The molecule has 1 unspecified atom stereocenters. The second-order valence-electron chi connectivity index (χ2n) is 7.40. The van der Waals surface area contributed by atoms with Crippen LogP contribution < -0.4 is 4.90 Å². The summed E-state index contributed by atoms with van der Waals surface area (Å²) in [7, 11) is 1.79. The molecule has 4 rings (SSSR count). The fourth-order valence-corrected chi connectivity index (χ4v) is 4.49. The van der Waals surface area contributed by atoms with Gasteiger partial charge in [-0.1, -0.05) is 6.07 Å². The molecule has 0 radical (unpaired) electrons. The molecular weight excluding hydrogens is 331 g/mol. The van der Waals surface area contributed by atoms with Gasteiger partial charge < -0.3 is 9.64 Å². The zero-order valence-electron chi connectivity index (χ0n) is 15.6. The Morgan fingerprint density at radius 1 is 1.31 bits per heavy atom. The summed E-state index contributed by atoms with van der Waals surface area (Å²) in [5, 5.41) is 4.37. The third-order valence-corrected chi connectivity index (χ3v) is 6.03. The number of aryl methyl sites for hydroxylation is 1. The Hall–Kier alpha value is -1.92. The monoisotopic (exact) mass is 358 g/mol. The molecule has 140 valence electrons. The van der Waals surface area contributed by atoms with Gasteiger partial charge in [0.1, 0.15) is 5.82 Å². The van der Waals surface area contributed by atoms with Crippen molar-refractivity contribution in [2.45, 2.75) is 44.5 Å². The Morgan fingerprint density at radius 2 is 2.12 bits per heavy atom. The summed E-state index contributed by atoms with van der Waals surface area (Å²) in [6.07, 6.45) is 6.38. The van der Waals surface area contributed by atoms with Gasteiger partial charge in [0, 0.05) is 57.3 Å². The number of anilines is 1. The quantitative estimate of drug-likeness (QED) is 0.823. The van der Waals surface area contributed by atoms with E-state index in [1.807, 2.05) is 16.9 Å². The number of likely N-dealkylation sites (tertiary alicyclic amines) is 1. The lowest BCUT2D eigenvalue weighted by Crippen LogP contribution is -2.74. The normalized spacial score (nSPS) is 22.6. The Bertz CT molecular complexity index is 754. The van der Waals surface area contributed by atoms with E-state index in [0.29, 0.717) is 0 Å². The predicted molar refractivity (Wildman–Crippen MR) is 99.7 cm³/mol. The first kappa shape index (κ1) is 17.5. The van der Waals surface area contributed by atoms with Crippen molar-refractivity contribution in [2.75, 3.05) is 31.6 Å². The van der Waals surface area contributed by atoms with Gasteiger partial charge in [0.2, 0.25) is 0 Å². The fourth-order valence-electron chi connectivity index (χ4n) is 4.49. The van der Waals surface area contributed by atoms with Crippen molar-refractivity contribution in [3.63, 3.8) is 0 Å². The third-order valence-electron chi connectivity index (χ3n) is 6.03. The Balaban J connectivity index is 1.44. The van der Waals surface area contributed by atoms with Gasteiger partial charge in [-0.3, -0.25) is 9.58 Å². The number of halogens is 1. The highest BCUT2D eigenvalue weighted by Gasteiger charge is 2.54. The third kappa shape index (κ3) is 3.01. The van der Waals surface area contributed by atoms with E-state index in [0.717, 1.165) is 51.3 Å². The van der Waals surface area contributed by atoms with Crippen molar-refractivity contribution < 1.29 is 9.13 Å². The maximum Gasteiger partial charge on any atom is 0.125 e. The Morgan fingerprint density at radius 3 is 2.77 bits per heavy atom. The van der Waals surface area contributed by atoms with E-state index in [-0.39, 0.29) is 17.5 Å².